The molecule has 0 aliphatic carbocycles. The smallest absolute Gasteiger partial charge is 0.227 e. The molecular formula is C23H25ClN4O2. The van der Waals surface area contributed by atoms with Crippen LogP contribution in [0.15, 0.2) is 54.6 Å². The lowest BCUT2D eigenvalue weighted by Crippen LogP contribution is -2.49. The van der Waals surface area contributed by atoms with Crippen molar-refractivity contribution >= 4 is 34.8 Å². The van der Waals surface area contributed by atoms with Crippen LogP contribution in [0.2, 0.25) is 5.02 Å². The number of halogens is 1. The fraction of sp³-hybridized carbons (Fsp3) is 0.348. The number of benzene rings is 2. The second kappa shape index (κ2) is 10.7. The number of piperazine rings is 1. The van der Waals surface area contributed by atoms with Crippen LogP contribution in [0.1, 0.15) is 19.3 Å². The van der Waals surface area contributed by atoms with Crippen LogP contribution in [-0.4, -0.2) is 49.4 Å². The number of nitrogens with zero attached hydrogens (tertiary/aromatic N) is 4. The molecule has 6 nitrogen and oxygen atoms in total. The Labute approximate surface area is 182 Å². The lowest BCUT2D eigenvalue weighted by atomic mass is 10.2. The summed E-state index contributed by atoms with van der Waals surface area (Å²) in [5, 5.41) is 9.59. The van der Waals surface area contributed by atoms with E-state index >= 15 is 0 Å². The summed E-state index contributed by atoms with van der Waals surface area (Å²) in [5.41, 5.74) is 1.81. The summed E-state index contributed by atoms with van der Waals surface area (Å²) < 4.78 is 0. The minimum Gasteiger partial charge on any atom is -0.368 e. The summed E-state index contributed by atoms with van der Waals surface area (Å²) in [5.74, 6) is -0.148. The van der Waals surface area contributed by atoms with Crippen LogP contribution in [0.5, 0.6) is 0 Å². The van der Waals surface area contributed by atoms with E-state index in [4.69, 9.17) is 16.9 Å². The maximum absolute atomic E-state index is 12.7. The molecule has 1 aliphatic heterocycles. The van der Waals surface area contributed by atoms with Crippen molar-refractivity contribution in [3.8, 4) is 6.07 Å². The molecule has 0 atom stereocenters. The molecule has 1 fully saturated rings. The van der Waals surface area contributed by atoms with Crippen LogP contribution < -0.4 is 9.80 Å². The second-order valence-electron chi connectivity index (χ2n) is 7.14. The van der Waals surface area contributed by atoms with Crippen LogP contribution in [0, 0.1) is 11.3 Å². The van der Waals surface area contributed by atoms with E-state index in [1.807, 2.05) is 59.5 Å². The topological polar surface area (TPSA) is 67.6 Å². The monoisotopic (exact) mass is 424 g/mol. The van der Waals surface area contributed by atoms with Crippen molar-refractivity contribution in [1.29, 1.82) is 5.26 Å². The van der Waals surface area contributed by atoms with Crippen molar-refractivity contribution in [3.05, 3.63) is 59.6 Å². The Morgan fingerprint density at radius 3 is 2.40 bits per heavy atom. The molecule has 0 radical (unpaired) electrons. The number of para-hydroxylation sites is 1. The van der Waals surface area contributed by atoms with E-state index in [1.54, 1.807) is 4.90 Å². The van der Waals surface area contributed by atoms with Gasteiger partial charge in [-0.15, -0.1) is 0 Å². The molecule has 0 saturated carbocycles. The third-order valence-electron chi connectivity index (χ3n) is 5.17. The summed E-state index contributed by atoms with van der Waals surface area (Å²) in [4.78, 5) is 31.0. The van der Waals surface area contributed by atoms with Gasteiger partial charge < -0.3 is 14.7 Å². The lowest BCUT2D eigenvalue weighted by molar-refractivity contribution is -0.133. The number of carbonyl (C=O) groups excluding carboxylic acids is 2. The Kier molecular flexibility index (Phi) is 7.69. The van der Waals surface area contributed by atoms with E-state index in [0.29, 0.717) is 24.7 Å². The van der Waals surface area contributed by atoms with E-state index in [9.17, 15) is 9.59 Å². The highest BCUT2D eigenvalue weighted by Crippen LogP contribution is 2.21. The summed E-state index contributed by atoms with van der Waals surface area (Å²) >= 11 is 6.07. The Balaban J connectivity index is 1.51. The molecule has 1 saturated heterocycles. The van der Waals surface area contributed by atoms with Crippen LogP contribution in [0.25, 0.3) is 0 Å². The quantitative estimate of drug-likeness (QED) is 0.679. The van der Waals surface area contributed by atoms with Crippen LogP contribution in [0.3, 0.4) is 0 Å². The van der Waals surface area contributed by atoms with Gasteiger partial charge in [-0.2, -0.15) is 5.26 Å². The van der Waals surface area contributed by atoms with Gasteiger partial charge >= 0.3 is 0 Å². The summed E-state index contributed by atoms with van der Waals surface area (Å²) in [6, 6.07) is 19.1. The molecule has 1 heterocycles. The Bertz CT molecular complexity index is 905. The fourth-order valence-corrected chi connectivity index (χ4v) is 3.75. The first-order valence-electron chi connectivity index (χ1n) is 10.1. The molecule has 3 rings (SSSR count). The van der Waals surface area contributed by atoms with Crippen LogP contribution in [0.4, 0.5) is 11.4 Å². The van der Waals surface area contributed by atoms with Crippen LogP contribution in [-0.2, 0) is 9.59 Å². The van der Waals surface area contributed by atoms with Crippen molar-refractivity contribution < 1.29 is 9.59 Å². The number of anilines is 2. The van der Waals surface area contributed by atoms with E-state index < -0.39 is 0 Å². The molecule has 2 amide bonds. The van der Waals surface area contributed by atoms with E-state index in [2.05, 4.69) is 11.0 Å². The van der Waals surface area contributed by atoms with E-state index in [1.165, 1.54) is 0 Å². The van der Waals surface area contributed by atoms with Gasteiger partial charge in [-0.05, 0) is 30.3 Å². The zero-order chi connectivity index (χ0) is 21.3. The highest BCUT2D eigenvalue weighted by Gasteiger charge is 2.23. The van der Waals surface area contributed by atoms with Gasteiger partial charge in [0.25, 0.3) is 0 Å². The van der Waals surface area contributed by atoms with Crippen molar-refractivity contribution in [2.75, 3.05) is 42.5 Å². The highest BCUT2D eigenvalue weighted by molar-refractivity contribution is 6.30. The number of nitriles is 1. The van der Waals surface area contributed by atoms with E-state index in [-0.39, 0.29) is 31.1 Å². The minimum atomic E-state index is -0.137. The predicted octanol–water partition coefficient (Wildman–Crippen LogP) is 3.72. The normalized spacial score (nSPS) is 13.6. The van der Waals surface area contributed by atoms with Crippen molar-refractivity contribution in [3.63, 3.8) is 0 Å². The average molecular weight is 425 g/mol. The first kappa shape index (κ1) is 21.7. The third-order valence-corrected chi connectivity index (χ3v) is 5.41. The van der Waals surface area contributed by atoms with Gasteiger partial charge in [0.05, 0.1) is 12.5 Å². The van der Waals surface area contributed by atoms with Crippen molar-refractivity contribution in [2.45, 2.75) is 19.3 Å². The Hall–Kier alpha value is -3.04. The van der Waals surface area contributed by atoms with E-state index in [0.717, 1.165) is 24.5 Å². The number of hydrogen-bond acceptors (Lipinski definition) is 4. The maximum atomic E-state index is 12.7. The molecule has 2 aromatic rings. The standard InChI is InChI=1S/C23H25ClN4O2/c24-19-6-4-9-21(18-19)26-14-16-27(17-15-26)22(29)10-11-23(30)28(13-5-12-25)20-7-2-1-3-8-20/h1-4,6-9,18H,5,10-11,13-17H2. The fourth-order valence-electron chi connectivity index (χ4n) is 3.56. The minimum absolute atomic E-state index is 0.0117. The lowest BCUT2D eigenvalue weighted by Gasteiger charge is -2.36. The zero-order valence-electron chi connectivity index (χ0n) is 16.8. The molecule has 30 heavy (non-hydrogen) atoms. The predicted molar refractivity (Wildman–Crippen MR) is 119 cm³/mol. The van der Waals surface area contributed by atoms with Gasteiger partial charge in [0.2, 0.25) is 11.8 Å². The molecule has 0 N–H and O–H groups in total. The number of carbonyl (C=O) groups is 2. The summed E-state index contributed by atoms with van der Waals surface area (Å²) in [6.07, 6.45) is 0.555. The van der Waals surface area contributed by atoms with Crippen LogP contribution >= 0.6 is 11.6 Å². The molecule has 0 unspecified atom stereocenters. The summed E-state index contributed by atoms with van der Waals surface area (Å²) in [6.45, 7) is 3.04. The Morgan fingerprint density at radius 1 is 1.00 bits per heavy atom. The molecule has 0 bridgehead atoms. The molecule has 7 heteroatoms. The number of amides is 2. The van der Waals surface area contributed by atoms with Gasteiger partial charge in [-0.3, -0.25) is 9.59 Å². The first-order chi connectivity index (χ1) is 14.6. The third kappa shape index (κ3) is 5.74. The number of hydrogen-bond donors (Lipinski definition) is 0. The van der Waals surface area contributed by atoms with Gasteiger partial charge in [0, 0.05) is 62.0 Å². The zero-order valence-corrected chi connectivity index (χ0v) is 17.6. The molecule has 156 valence electrons. The summed E-state index contributed by atoms with van der Waals surface area (Å²) in [7, 11) is 0. The Morgan fingerprint density at radius 2 is 1.73 bits per heavy atom. The largest absolute Gasteiger partial charge is 0.368 e. The molecular weight excluding hydrogens is 400 g/mol. The molecule has 0 aromatic heterocycles. The number of rotatable bonds is 7. The molecule has 0 spiro atoms. The SMILES string of the molecule is N#CCCN(C(=O)CCC(=O)N1CCN(c2cccc(Cl)c2)CC1)c1ccccc1. The first-order valence-corrected chi connectivity index (χ1v) is 10.5. The molecule has 2 aromatic carbocycles. The highest BCUT2D eigenvalue weighted by atomic mass is 35.5. The second-order valence-corrected chi connectivity index (χ2v) is 7.57. The van der Waals surface area contributed by atoms with Gasteiger partial charge in [0.1, 0.15) is 0 Å². The maximum Gasteiger partial charge on any atom is 0.227 e. The molecule has 1 aliphatic rings. The van der Waals surface area contributed by atoms with Gasteiger partial charge in [-0.1, -0.05) is 35.9 Å². The average Bonchev–Trinajstić information content (AvgIpc) is 2.78. The van der Waals surface area contributed by atoms with Gasteiger partial charge in [0.15, 0.2) is 0 Å². The van der Waals surface area contributed by atoms with Crippen molar-refractivity contribution in [1.82, 2.24) is 4.90 Å². The van der Waals surface area contributed by atoms with Crippen molar-refractivity contribution in [2.24, 2.45) is 0 Å². The van der Waals surface area contributed by atoms with Gasteiger partial charge in [-0.25, -0.2) is 0 Å².